The number of hydrogen-bond acceptors (Lipinski definition) is 1. The Kier molecular flexibility index (Phi) is 6.99. The molecule has 0 saturated carbocycles. The molecule has 2 rings (SSSR count). The van der Waals surface area contributed by atoms with E-state index in [0.29, 0.717) is 5.41 Å². The van der Waals surface area contributed by atoms with E-state index in [2.05, 4.69) is 84.6 Å². The summed E-state index contributed by atoms with van der Waals surface area (Å²) < 4.78 is 0. The van der Waals surface area contributed by atoms with Crippen LogP contribution < -0.4 is 0 Å². The minimum atomic E-state index is 0.247. The van der Waals surface area contributed by atoms with Gasteiger partial charge in [-0.3, -0.25) is 0 Å². The van der Waals surface area contributed by atoms with Crippen LogP contribution in [0.2, 0.25) is 0 Å². The molecule has 3 atom stereocenters. The van der Waals surface area contributed by atoms with Gasteiger partial charge < -0.3 is 4.90 Å². The molecule has 0 bridgehead atoms. The Labute approximate surface area is 163 Å². The van der Waals surface area contributed by atoms with Crippen molar-refractivity contribution in [3.8, 4) is 0 Å². The van der Waals surface area contributed by atoms with E-state index < -0.39 is 0 Å². The Morgan fingerprint density at radius 3 is 2.15 bits per heavy atom. The van der Waals surface area contributed by atoms with E-state index >= 15 is 0 Å². The molecule has 0 radical (unpaired) electrons. The van der Waals surface area contributed by atoms with Crippen molar-refractivity contribution in [3.05, 3.63) is 35.4 Å². The first kappa shape index (κ1) is 21.5. The first-order valence-electron chi connectivity index (χ1n) is 10.8. The van der Waals surface area contributed by atoms with Crippen LogP contribution in [-0.4, -0.2) is 24.5 Å². The zero-order chi connectivity index (χ0) is 19.5. The molecular weight excluding hydrogens is 314 g/mol. The van der Waals surface area contributed by atoms with Gasteiger partial charge in [-0.2, -0.15) is 0 Å². The molecule has 1 aliphatic heterocycles. The zero-order valence-corrected chi connectivity index (χ0v) is 18.7. The standard InChI is InChI=1S/C25H43N/c1-19(17-24(3,4)5)13-15-26-16-14-23(20(2)18-26)21-9-11-22(12-10-21)25(6,7)8/h9-12,19-20,23H,13-18H2,1-8H3. The highest BCUT2D eigenvalue weighted by molar-refractivity contribution is 5.30. The van der Waals surface area contributed by atoms with Crippen LogP contribution >= 0.6 is 0 Å². The highest BCUT2D eigenvalue weighted by Crippen LogP contribution is 2.34. The van der Waals surface area contributed by atoms with E-state index in [1.54, 1.807) is 5.56 Å². The molecule has 0 aromatic heterocycles. The summed E-state index contributed by atoms with van der Waals surface area (Å²) in [5.74, 6) is 2.31. The van der Waals surface area contributed by atoms with Gasteiger partial charge in [-0.25, -0.2) is 0 Å². The minimum absolute atomic E-state index is 0.247. The van der Waals surface area contributed by atoms with Crippen LogP contribution in [0.4, 0.5) is 0 Å². The van der Waals surface area contributed by atoms with Gasteiger partial charge in [0.25, 0.3) is 0 Å². The van der Waals surface area contributed by atoms with Crippen molar-refractivity contribution >= 4 is 0 Å². The molecule has 1 aromatic carbocycles. The van der Waals surface area contributed by atoms with E-state index in [9.17, 15) is 0 Å². The molecule has 3 unspecified atom stereocenters. The first-order valence-corrected chi connectivity index (χ1v) is 10.8. The fourth-order valence-electron chi connectivity index (χ4n) is 4.71. The molecule has 1 heteroatoms. The van der Waals surface area contributed by atoms with Gasteiger partial charge in [-0.05, 0) is 72.1 Å². The largest absolute Gasteiger partial charge is 0.303 e. The van der Waals surface area contributed by atoms with Crippen molar-refractivity contribution in [2.45, 2.75) is 86.0 Å². The van der Waals surface area contributed by atoms with E-state index in [-0.39, 0.29) is 5.41 Å². The number of rotatable bonds is 5. The predicted octanol–water partition coefficient (Wildman–Crippen LogP) is 6.87. The lowest BCUT2D eigenvalue weighted by atomic mass is 9.79. The Hall–Kier alpha value is -0.820. The molecule has 26 heavy (non-hydrogen) atoms. The Bertz CT molecular complexity index is 543. The number of nitrogens with zero attached hydrogens (tertiary/aromatic N) is 1. The van der Waals surface area contributed by atoms with Crippen LogP contribution in [0, 0.1) is 17.3 Å². The molecule has 1 nitrogen and oxygen atoms in total. The van der Waals surface area contributed by atoms with Gasteiger partial charge >= 0.3 is 0 Å². The molecule has 1 aromatic rings. The van der Waals surface area contributed by atoms with Crippen LogP contribution in [0.3, 0.4) is 0 Å². The van der Waals surface area contributed by atoms with E-state index in [4.69, 9.17) is 0 Å². The fourth-order valence-corrected chi connectivity index (χ4v) is 4.71. The Morgan fingerprint density at radius 1 is 1.04 bits per heavy atom. The highest BCUT2D eigenvalue weighted by Gasteiger charge is 2.28. The molecule has 148 valence electrons. The molecule has 1 aliphatic rings. The van der Waals surface area contributed by atoms with Crippen molar-refractivity contribution < 1.29 is 0 Å². The molecule has 0 spiro atoms. The highest BCUT2D eigenvalue weighted by atomic mass is 15.1. The number of hydrogen-bond donors (Lipinski definition) is 0. The van der Waals surface area contributed by atoms with Crippen LogP contribution in [-0.2, 0) is 5.41 Å². The van der Waals surface area contributed by atoms with E-state index in [0.717, 1.165) is 17.8 Å². The fraction of sp³-hybridized carbons (Fsp3) is 0.760. The average molecular weight is 358 g/mol. The number of benzene rings is 1. The smallest absolute Gasteiger partial charge is 0.00129 e. The van der Waals surface area contributed by atoms with Crippen molar-refractivity contribution in [3.63, 3.8) is 0 Å². The van der Waals surface area contributed by atoms with Crippen molar-refractivity contribution in [1.29, 1.82) is 0 Å². The predicted molar refractivity (Wildman–Crippen MR) is 116 cm³/mol. The molecule has 0 aliphatic carbocycles. The van der Waals surface area contributed by atoms with Gasteiger partial charge in [0.1, 0.15) is 0 Å². The van der Waals surface area contributed by atoms with Gasteiger partial charge in [0.15, 0.2) is 0 Å². The molecular formula is C25H43N. The third kappa shape index (κ3) is 6.41. The SMILES string of the molecule is CC(CCN1CCC(c2ccc(C(C)(C)C)cc2)C(C)C1)CC(C)(C)C. The normalized spacial score (nSPS) is 23.8. The second-order valence-corrected chi connectivity index (χ2v) is 11.2. The first-order chi connectivity index (χ1) is 12.0. The maximum atomic E-state index is 2.71. The lowest BCUT2D eigenvalue weighted by Gasteiger charge is -2.38. The van der Waals surface area contributed by atoms with Crippen molar-refractivity contribution in [2.75, 3.05) is 19.6 Å². The maximum Gasteiger partial charge on any atom is 0.00129 e. The molecule has 1 heterocycles. The van der Waals surface area contributed by atoms with Crippen molar-refractivity contribution in [1.82, 2.24) is 4.90 Å². The Morgan fingerprint density at radius 2 is 1.65 bits per heavy atom. The molecule has 1 saturated heterocycles. The summed E-state index contributed by atoms with van der Waals surface area (Å²) in [7, 11) is 0. The Balaban J connectivity index is 1.86. The zero-order valence-electron chi connectivity index (χ0n) is 18.7. The summed E-state index contributed by atoms with van der Waals surface area (Å²) in [5.41, 5.74) is 3.70. The quantitative estimate of drug-likeness (QED) is 0.555. The maximum absolute atomic E-state index is 2.71. The average Bonchev–Trinajstić information content (AvgIpc) is 2.51. The lowest BCUT2D eigenvalue weighted by Crippen LogP contribution is -2.39. The summed E-state index contributed by atoms with van der Waals surface area (Å²) in [4.78, 5) is 2.71. The second-order valence-electron chi connectivity index (χ2n) is 11.2. The summed E-state index contributed by atoms with van der Waals surface area (Å²) in [5, 5.41) is 0. The van der Waals surface area contributed by atoms with Gasteiger partial charge in [0, 0.05) is 6.54 Å². The van der Waals surface area contributed by atoms with Gasteiger partial charge in [0.05, 0.1) is 0 Å². The minimum Gasteiger partial charge on any atom is -0.303 e. The summed E-state index contributed by atoms with van der Waals surface area (Å²) >= 11 is 0. The van der Waals surface area contributed by atoms with Crippen LogP contribution in [0.5, 0.6) is 0 Å². The third-order valence-electron chi connectivity index (χ3n) is 6.09. The van der Waals surface area contributed by atoms with Crippen LogP contribution in [0.15, 0.2) is 24.3 Å². The van der Waals surface area contributed by atoms with Gasteiger partial charge in [0.2, 0.25) is 0 Å². The van der Waals surface area contributed by atoms with Gasteiger partial charge in [-0.15, -0.1) is 0 Å². The van der Waals surface area contributed by atoms with E-state index in [1.807, 2.05) is 0 Å². The lowest BCUT2D eigenvalue weighted by molar-refractivity contribution is 0.149. The summed E-state index contributed by atoms with van der Waals surface area (Å²) in [6.45, 7) is 22.7. The third-order valence-corrected chi connectivity index (χ3v) is 6.09. The molecule has 0 N–H and O–H groups in total. The molecule has 0 amide bonds. The molecule has 1 fully saturated rings. The van der Waals surface area contributed by atoms with Crippen molar-refractivity contribution in [2.24, 2.45) is 17.3 Å². The summed E-state index contributed by atoms with van der Waals surface area (Å²) in [6, 6.07) is 9.48. The van der Waals surface area contributed by atoms with E-state index in [1.165, 1.54) is 44.5 Å². The number of likely N-dealkylation sites (tertiary alicyclic amines) is 1. The van der Waals surface area contributed by atoms with Crippen LogP contribution in [0.25, 0.3) is 0 Å². The topological polar surface area (TPSA) is 3.24 Å². The monoisotopic (exact) mass is 357 g/mol. The van der Waals surface area contributed by atoms with Crippen LogP contribution in [0.1, 0.15) is 91.7 Å². The summed E-state index contributed by atoms with van der Waals surface area (Å²) in [6.07, 6.45) is 3.98. The van der Waals surface area contributed by atoms with Gasteiger partial charge in [-0.1, -0.05) is 79.7 Å². The second kappa shape index (κ2) is 8.46. The number of piperidine rings is 1.